The molecule has 112 valence electrons. The summed E-state index contributed by atoms with van der Waals surface area (Å²) in [6.45, 7) is 0.237. The van der Waals surface area contributed by atoms with Gasteiger partial charge in [0.05, 0.1) is 24.1 Å². The van der Waals surface area contributed by atoms with Crippen molar-refractivity contribution in [3.05, 3.63) is 29.8 Å². The molecule has 7 nitrogen and oxygen atoms in total. The summed E-state index contributed by atoms with van der Waals surface area (Å²) in [7, 11) is 3.61. The average molecular weight is 288 g/mol. The highest BCUT2D eigenvalue weighted by Crippen LogP contribution is 2.31. The Kier molecular flexibility index (Phi) is 3.64. The molecule has 3 rings (SSSR count). The van der Waals surface area contributed by atoms with E-state index in [1.54, 1.807) is 17.9 Å². The third-order valence-corrected chi connectivity index (χ3v) is 3.93. The highest BCUT2D eigenvalue weighted by molar-refractivity contribution is 5.75. The van der Waals surface area contributed by atoms with Crippen molar-refractivity contribution in [1.82, 2.24) is 24.9 Å². The fourth-order valence-corrected chi connectivity index (χ4v) is 2.81. The second kappa shape index (κ2) is 5.59. The molecule has 1 aliphatic carbocycles. The summed E-state index contributed by atoms with van der Waals surface area (Å²) in [6, 6.07) is 0.264. The van der Waals surface area contributed by atoms with Gasteiger partial charge in [0.15, 0.2) is 0 Å². The van der Waals surface area contributed by atoms with Gasteiger partial charge in [-0.2, -0.15) is 10.2 Å². The number of aromatic nitrogens is 4. The van der Waals surface area contributed by atoms with Gasteiger partial charge in [0, 0.05) is 31.5 Å². The zero-order valence-electron chi connectivity index (χ0n) is 12.3. The van der Waals surface area contributed by atoms with E-state index in [-0.39, 0.29) is 18.5 Å². The van der Waals surface area contributed by atoms with Gasteiger partial charge in [0.2, 0.25) is 5.91 Å². The summed E-state index contributed by atoms with van der Waals surface area (Å²) in [5.74, 6) is -0.0585. The van der Waals surface area contributed by atoms with Crippen molar-refractivity contribution in [2.24, 2.45) is 7.05 Å². The lowest BCUT2D eigenvalue weighted by atomic mass is 9.93. The van der Waals surface area contributed by atoms with Gasteiger partial charge >= 0.3 is 0 Å². The van der Waals surface area contributed by atoms with Crippen molar-refractivity contribution in [2.75, 3.05) is 12.4 Å². The SMILES string of the molecule is CNC(=O)Cn1cc(NC2CCCc3c2cnn3C)cn1. The van der Waals surface area contributed by atoms with Crippen LogP contribution in [0.1, 0.15) is 30.1 Å². The largest absolute Gasteiger partial charge is 0.376 e. The van der Waals surface area contributed by atoms with Gasteiger partial charge in [-0.15, -0.1) is 0 Å². The second-order valence-corrected chi connectivity index (χ2v) is 5.36. The fourth-order valence-electron chi connectivity index (χ4n) is 2.81. The molecule has 2 aromatic heterocycles. The first-order chi connectivity index (χ1) is 10.2. The predicted molar refractivity (Wildman–Crippen MR) is 78.8 cm³/mol. The lowest BCUT2D eigenvalue weighted by Crippen LogP contribution is -2.23. The van der Waals surface area contributed by atoms with Crippen molar-refractivity contribution in [3.63, 3.8) is 0 Å². The maximum absolute atomic E-state index is 11.3. The van der Waals surface area contributed by atoms with Crippen LogP contribution in [0.25, 0.3) is 0 Å². The second-order valence-electron chi connectivity index (χ2n) is 5.36. The molecule has 0 saturated heterocycles. The van der Waals surface area contributed by atoms with Crippen LogP contribution in [-0.4, -0.2) is 32.5 Å². The van der Waals surface area contributed by atoms with Crippen LogP contribution in [0.15, 0.2) is 18.6 Å². The quantitative estimate of drug-likeness (QED) is 0.874. The summed E-state index contributed by atoms with van der Waals surface area (Å²) < 4.78 is 3.59. The Bertz CT molecular complexity index is 644. The molecule has 1 unspecified atom stereocenters. The number of aryl methyl sites for hydroxylation is 1. The molecule has 1 aliphatic rings. The highest BCUT2D eigenvalue weighted by atomic mass is 16.1. The van der Waals surface area contributed by atoms with Crippen LogP contribution in [0.3, 0.4) is 0 Å². The Morgan fingerprint density at radius 3 is 3.10 bits per heavy atom. The van der Waals surface area contributed by atoms with E-state index in [2.05, 4.69) is 20.8 Å². The summed E-state index contributed by atoms with van der Waals surface area (Å²) in [5, 5.41) is 14.6. The van der Waals surface area contributed by atoms with Gasteiger partial charge in [0.25, 0.3) is 0 Å². The van der Waals surface area contributed by atoms with Crippen LogP contribution in [-0.2, 0) is 24.8 Å². The molecule has 0 radical (unpaired) electrons. The molecule has 1 amide bonds. The number of nitrogens with one attached hydrogen (secondary N) is 2. The number of nitrogens with zero attached hydrogens (tertiary/aromatic N) is 4. The first kappa shape index (κ1) is 13.7. The Morgan fingerprint density at radius 2 is 2.29 bits per heavy atom. The van der Waals surface area contributed by atoms with Crippen molar-refractivity contribution >= 4 is 11.6 Å². The zero-order valence-corrected chi connectivity index (χ0v) is 12.3. The van der Waals surface area contributed by atoms with Gasteiger partial charge in [-0.25, -0.2) is 0 Å². The maximum atomic E-state index is 11.3. The number of likely N-dealkylation sites (N-methyl/N-ethyl adjacent to an activating group) is 1. The van der Waals surface area contributed by atoms with Crippen LogP contribution < -0.4 is 10.6 Å². The van der Waals surface area contributed by atoms with Gasteiger partial charge in [-0.3, -0.25) is 14.2 Å². The molecule has 0 aliphatic heterocycles. The van der Waals surface area contributed by atoms with Gasteiger partial charge in [-0.1, -0.05) is 0 Å². The molecule has 0 saturated carbocycles. The minimum atomic E-state index is -0.0585. The van der Waals surface area contributed by atoms with Crippen LogP contribution >= 0.6 is 0 Å². The molecule has 7 heteroatoms. The van der Waals surface area contributed by atoms with Crippen LogP contribution in [0.4, 0.5) is 5.69 Å². The molecular formula is C14H20N6O. The van der Waals surface area contributed by atoms with Crippen molar-refractivity contribution in [2.45, 2.75) is 31.8 Å². The van der Waals surface area contributed by atoms with E-state index in [1.165, 1.54) is 11.3 Å². The number of fused-ring (bicyclic) bond motifs is 1. The molecule has 1 atom stereocenters. The van der Waals surface area contributed by atoms with E-state index in [9.17, 15) is 4.79 Å². The van der Waals surface area contributed by atoms with Gasteiger partial charge < -0.3 is 10.6 Å². The Morgan fingerprint density at radius 1 is 1.43 bits per heavy atom. The number of carbonyl (C=O) groups is 1. The van der Waals surface area contributed by atoms with Crippen molar-refractivity contribution in [1.29, 1.82) is 0 Å². The van der Waals surface area contributed by atoms with E-state index in [0.29, 0.717) is 0 Å². The molecule has 0 fully saturated rings. The molecule has 2 N–H and O–H groups in total. The molecule has 21 heavy (non-hydrogen) atoms. The third kappa shape index (κ3) is 2.76. The number of carbonyl (C=O) groups excluding carboxylic acids is 1. The first-order valence-corrected chi connectivity index (χ1v) is 7.17. The Labute approximate surface area is 123 Å². The predicted octanol–water partition coefficient (Wildman–Crippen LogP) is 0.852. The van der Waals surface area contributed by atoms with Crippen molar-refractivity contribution < 1.29 is 4.79 Å². The van der Waals surface area contributed by atoms with Crippen LogP contribution in [0, 0.1) is 0 Å². The Hall–Kier alpha value is -2.31. The van der Waals surface area contributed by atoms with Crippen molar-refractivity contribution in [3.8, 4) is 0 Å². The van der Waals surface area contributed by atoms with Crippen LogP contribution in [0.5, 0.6) is 0 Å². The molecule has 0 bridgehead atoms. The molecule has 2 heterocycles. The van der Waals surface area contributed by atoms with E-state index < -0.39 is 0 Å². The van der Waals surface area contributed by atoms with Crippen LogP contribution in [0.2, 0.25) is 0 Å². The third-order valence-electron chi connectivity index (χ3n) is 3.93. The summed E-state index contributed by atoms with van der Waals surface area (Å²) in [6.07, 6.45) is 8.88. The zero-order chi connectivity index (χ0) is 14.8. The van der Waals surface area contributed by atoms with E-state index in [4.69, 9.17) is 0 Å². The number of hydrogen-bond donors (Lipinski definition) is 2. The summed E-state index contributed by atoms with van der Waals surface area (Å²) >= 11 is 0. The van der Waals surface area contributed by atoms with E-state index in [1.807, 2.05) is 24.1 Å². The maximum Gasteiger partial charge on any atom is 0.241 e. The fraction of sp³-hybridized carbons (Fsp3) is 0.500. The van der Waals surface area contributed by atoms with E-state index in [0.717, 1.165) is 24.9 Å². The molecular weight excluding hydrogens is 268 g/mol. The lowest BCUT2D eigenvalue weighted by Gasteiger charge is -2.23. The number of anilines is 1. The first-order valence-electron chi connectivity index (χ1n) is 7.17. The molecule has 0 spiro atoms. The lowest BCUT2D eigenvalue weighted by molar-refractivity contribution is -0.121. The molecule has 0 aromatic carbocycles. The minimum Gasteiger partial charge on any atom is -0.376 e. The monoisotopic (exact) mass is 288 g/mol. The van der Waals surface area contributed by atoms with Gasteiger partial charge in [0.1, 0.15) is 6.54 Å². The van der Waals surface area contributed by atoms with Gasteiger partial charge in [-0.05, 0) is 19.3 Å². The number of rotatable bonds is 4. The summed E-state index contributed by atoms with van der Waals surface area (Å²) in [4.78, 5) is 11.3. The minimum absolute atomic E-state index is 0.0585. The number of amides is 1. The normalized spacial score (nSPS) is 17.3. The molecule has 2 aromatic rings. The smallest absolute Gasteiger partial charge is 0.241 e. The number of hydrogen-bond acceptors (Lipinski definition) is 4. The average Bonchev–Trinajstić information content (AvgIpc) is 3.07. The standard InChI is InChI=1S/C14H20N6O/c1-15-14(21)9-20-8-10(6-17-20)18-12-4-3-5-13-11(12)7-16-19(13)2/h6-8,12,18H,3-5,9H2,1-2H3,(H,15,21). The Balaban J connectivity index is 1.71. The topological polar surface area (TPSA) is 76.8 Å². The van der Waals surface area contributed by atoms with E-state index >= 15 is 0 Å². The highest BCUT2D eigenvalue weighted by Gasteiger charge is 2.23. The summed E-state index contributed by atoms with van der Waals surface area (Å²) in [5.41, 5.74) is 3.50.